The van der Waals surface area contributed by atoms with Gasteiger partial charge in [-0.05, 0) is 43.2 Å². The van der Waals surface area contributed by atoms with Crippen LogP contribution in [0, 0.1) is 5.41 Å². The molecule has 5 N–H and O–H groups in total. The number of nitrogens with one attached hydrogen (secondary N) is 3. The number of nitrogens with zero attached hydrogens (tertiary/aromatic N) is 2. The number of hydrogen-bond donors (Lipinski definition) is 4. The van der Waals surface area contributed by atoms with Gasteiger partial charge in [0.1, 0.15) is 0 Å². The van der Waals surface area contributed by atoms with Crippen molar-refractivity contribution < 1.29 is 22.2 Å². The van der Waals surface area contributed by atoms with Gasteiger partial charge in [-0.2, -0.15) is 8.78 Å². The first-order valence-corrected chi connectivity index (χ1v) is 10.9. The van der Waals surface area contributed by atoms with E-state index in [4.69, 9.17) is 15.5 Å². The molecule has 1 heterocycles. The lowest BCUT2D eigenvalue weighted by Crippen LogP contribution is -2.27. The molecular weight excluding hydrogens is 421 g/mol. The number of fused-ring (bicyclic) bond motifs is 2. The van der Waals surface area contributed by atoms with E-state index in [9.17, 15) is 22.2 Å². The zero-order chi connectivity index (χ0) is 22.3. The van der Waals surface area contributed by atoms with Crippen LogP contribution in [0.5, 0.6) is 0 Å². The number of aryl methyl sites for hydroxylation is 1. The van der Waals surface area contributed by atoms with Gasteiger partial charge in [0.2, 0.25) is 0 Å². The molecule has 0 aliphatic heterocycles. The maximum Gasteiger partial charge on any atom is 0.354 e. The summed E-state index contributed by atoms with van der Waals surface area (Å²) in [6.07, 6.45) is 4.08. The fourth-order valence-electron chi connectivity index (χ4n) is 3.77. The van der Waals surface area contributed by atoms with Crippen LogP contribution >= 0.6 is 0 Å². The molecule has 0 spiro atoms. The molecule has 1 atom stereocenters. The minimum absolute atomic E-state index is 0.150. The molecular formula is C18H23F3N6O2S. The van der Waals surface area contributed by atoms with Crippen molar-refractivity contribution in [2.75, 3.05) is 5.32 Å². The largest absolute Gasteiger partial charge is 0.354 e. The van der Waals surface area contributed by atoms with Gasteiger partial charge in [-0.3, -0.25) is 10.4 Å². The lowest BCUT2D eigenvalue weighted by molar-refractivity contribution is 0.124. The molecule has 1 aromatic rings. The van der Waals surface area contributed by atoms with Crippen LogP contribution in [-0.4, -0.2) is 26.8 Å². The normalized spacial score (nSPS) is 19.1. The molecule has 0 radical (unpaired) electrons. The van der Waals surface area contributed by atoms with E-state index in [0.29, 0.717) is 12.1 Å². The van der Waals surface area contributed by atoms with E-state index in [1.807, 2.05) is 0 Å². The SMILES string of the molecule is CC1(C)CCc2c1nc1c(c2NC(=O)N=S(N)(=O)C(=N)/C(F)=C\NC(F)F)CCC1. The Hall–Kier alpha value is -2.47. The molecule has 8 nitrogen and oxygen atoms in total. The Kier molecular flexibility index (Phi) is 5.92. The Morgan fingerprint density at radius 2 is 2.03 bits per heavy atom. The summed E-state index contributed by atoms with van der Waals surface area (Å²) in [6, 6.07) is -1.10. The third-order valence-corrected chi connectivity index (χ3v) is 6.48. The van der Waals surface area contributed by atoms with Gasteiger partial charge in [-0.1, -0.05) is 13.8 Å². The van der Waals surface area contributed by atoms with E-state index < -0.39 is 33.4 Å². The average Bonchev–Trinajstić information content (AvgIpc) is 3.23. The predicted molar refractivity (Wildman–Crippen MR) is 107 cm³/mol. The summed E-state index contributed by atoms with van der Waals surface area (Å²) in [5, 5.41) is 15.4. The lowest BCUT2D eigenvalue weighted by atomic mass is 9.90. The minimum Gasteiger partial charge on any atom is -0.333 e. The molecule has 0 saturated heterocycles. The van der Waals surface area contributed by atoms with Crippen LogP contribution in [0.15, 0.2) is 16.4 Å². The van der Waals surface area contributed by atoms with Gasteiger partial charge in [0.25, 0.3) is 0 Å². The van der Waals surface area contributed by atoms with Crippen LogP contribution in [0.2, 0.25) is 0 Å². The van der Waals surface area contributed by atoms with Gasteiger partial charge in [-0.15, -0.1) is 4.36 Å². The second-order valence-corrected chi connectivity index (χ2v) is 9.58. The molecule has 0 saturated carbocycles. The molecule has 0 aromatic carbocycles. The molecule has 0 bridgehead atoms. The van der Waals surface area contributed by atoms with Crippen molar-refractivity contribution in [2.45, 2.75) is 57.9 Å². The van der Waals surface area contributed by atoms with Gasteiger partial charge in [0.05, 0.1) is 11.4 Å². The average molecular weight is 444 g/mol. The predicted octanol–water partition coefficient (Wildman–Crippen LogP) is 3.27. The number of hydrogen-bond acceptors (Lipinski definition) is 5. The fraction of sp³-hybridized carbons (Fsp3) is 0.500. The van der Waals surface area contributed by atoms with Gasteiger partial charge < -0.3 is 10.6 Å². The first-order chi connectivity index (χ1) is 13.9. The Bertz CT molecular complexity index is 1060. The Morgan fingerprint density at radius 3 is 2.70 bits per heavy atom. The highest BCUT2D eigenvalue weighted by atomic mass is 32.2. The standard InChI is InChI=1S/C18H23F3N6O2S/c1-18(2)7-6-10-13(9-4-3-5-12(9)25-14(10)18)26-17(28)27-30(23,29)15(22)11(19)8-24-16(20)21/h8,16,22,24H,3-7H2,1-2H3,(H3,23,25,26,27,28,29)/b11-8+,22-15?. The number of alkyl halides is 2. The smallest absolute Gasteiger partial charge is 0.333 e. The summed E-state index contributed by atoms with van der Waals surface area (Å²) in [5.41, 5.74) is 3.97. The van der Waals surface area contributed by atoms with Gasteiger partial charge >= 0.3 is 12.6 Å². The van der Waals surface area contributed by atoms with Gasteiger partial charge in [0.15, 0.2) is 20.8 Å². The summed E-state index contributed by atoms with van der Waals surface area (Å²) in [7, 11) is -4.28. The van der Waals surface area contributed by atoms with Gasteiger partial charge in [-0.25, -0.2) is 18.5 Å². The van der Waals surface area contributed by atoms with E-state index in [-0.39, 0.29) is 11.6 Å². The number of aromatic nitrogens is 1. The second kappa shape index (κ2) is 7.99. The summed E-state index contributed by atoms with van der Waals surface area (Å²) >= 11 is 0. The van der Waals surface area contributed by atoms with Crippen molar-refractivity contribution in [2.24, 2.45) is 9.50 Å². The molecule has 30 heavy (non-hydrogen) atoms. The molecule has 1 unspecified atom stereocenters. The van der Waals surface area contributed by atoms with Crippen molar-refractivity contribution in [3.63, 3.8) is 0 Å². The Balaban J connectivity index is 1.91. The second-order valence-electron chi connectivity index (χ2n) is 7.86. The molecule has 0 fully saturated rings. The summed E-state index contributed by atoms with van der Waals surface area (Å²) in [5.74, 6) is -1.60. The highest BCUT2D eigenvalue weighted by molar-refractivity contribution is 8.07. The van der Waals surface area contributed by atoms with Gasteiger partial charge in [0, 0.05) is 17.3 Å². The number of urea groups is 1. The number of nitrogens with two attached hydrogens (primary N) is 1. The van der Waals surface area contributed by atoms with Crippen LogP contribution in [-0.2, 0) is 34.6 Å². The first-order valence-electron chi connectivity index (χ1n) is 9.32. The number of halogens is 3. The highest BCUT2D eigenvalue weighted by Crippen LogP contribution is 2.44. The van der Waals surface area contributed by atoms with Crippen LogP contribution in [0.1, 0.15) is 49.2 Å². The van der Waals surface area contributed by atoms with Crippen molar-refractivity contribution in [3.05, 3.63) is 34.5 Å². The molecule has 2 aliphatic rings. The molecule has 164 valence electrons. The maximum atomic E-state index is 13.8. The zero-order valence-corrected chi connectivity index (χ0v) is 17.3. The summed E-state index contributed by atoms with van der Waals surface area (Å²) < 4.78 is 53.6. The number of carbonyl (C=O) groups is 1. The van der Waals surface area contributed by atoms with Crippen LogP contribution in [0.3, 0.4) is 0 Å². The number of anilines is 1. The van der Waals surface area contributed by atoms with Crippen LogP contribution in [0.25, 0.3) is 0 Å². The maximum absolute atomic E-state index is 13.8. The monoisotopic (exact) mass is 444 g/mol. The zero-order valence-electron chi connectivity index (χ0n) is 16.5. The molecule has 2 amide bonds. The van der Waals surface area contributed by atoms with Crippen molar-refractivity contribution in [3.8, 4) is 0 Å². The third-order valence-electron chi connectivity index (χ3n) is 5.26. The Labute approximate surface area is 172 Å². The highest BCUT2D eigenvalue weighted by Gasteiger charge is 2.36. The van der Waals surface area contributed by atoms with Crippen molar-refractivity contribution in [1.82, 2.24) is 10.3 Å². The number of pyridine rings is 1. The van der Waals surface area contributed by atoms with Crippen LogP contribution in [0.4, 0.5) is 23.7 Å². The molecule has 12 heteroatoms. The number of carbonyl (C=O) groups excluding carboxylic acids is 1. The molecule has 2 aliphatic carbocycles. The van der Waals surface area contributed by atoms with E-state index in [2.05, 4.69) is 23.5 Å². The minimum atomic E-state index is -4.28. The fourth-order valence-corrected chi connectivity index (χ4v) is 4.50. The quantitative estimate of drug-likeness (QED) is 0.322. The number of amides is 2. The third kappa shape index (κ3) is 4.33. The summed E-state index contributed by atoms with van der Waals surface area (Å²) in [4.78, 5) is 17.2. The van der Waals surface area contributed by atoms with Crippen LogP contribution < -0.4 is 15.8 Å². The first kappa shape index (κ1) is 22.2. The van der Waals surface area contributed by atoms with E-state index >= 15 is 0 Å². The van der Waals surface area contributed by atoms with E-state index in [1.165, 1.54) is 5.32 Å². The topological polar surface area (TPSA) is 133 Å². The molecule has 1 aromatic heterocycles. The van der Waals surface area contributed by atoms with E-state index in [0.717, 1.165) is 48.2 Å². The summed E-state index contributed by atoms with van der Waals surface area (Å²) in [6.45, 7) is 1.05. The van der Waals surface area contributed by atoms with Crippen molar-refractivity contribution in [1.29, 1.82) is 5.41 Å². The van der Waals surface area contributed by atoms with E-state index in [1.54, 1.807) is 0 Å². The number of rotatable bonds is 4. The lowest BCUT2D eigenvalue weighted by Gasteiger charge is -2.20. The Morgan fingerprint density at radius 1 is 1.33 bits per heavy atom. The van der Waals surface area contributed by atoms with Crippen molar-refractivity contribution >= 4 is 26.7 Å². The molecule has 3 rings (SSSR count).